The third-order valence-electron chi connectivity index (χ3n) is 11.0. The third-order valence-corrected chi connectivity index (χ3v) is 11.0. The van der Waals surface area contributed by atoms with Crippen molar-refractivity contribution in [2.24, 2.45) is 33.6 Å². The monoisotopic (exact) mass is 494 g/mol. The van der Waals surface area contributed by atoms with Gasteiger partial charge in [0.15, 0.2) is 0 Å². The molecule has 4 saturated carbocycles. The van der Waals surface area contributed by atoms with Gasteiger partial charge in [0.05, 0.1) is 23.9 Å². The predicted octanol–water partition coefficient (Wildman–Crippen LogP) is 3.37. The summed E-state index contributed by atoms with van der Waals surface area (Å²) in [6.45, 7) is 3.07. The van der Waals surface area contributed by atoms with Crippen LogP contribution < -0.4 is 0 Å². The lowest BCUT2D eigenvalue weighted by atomic mass is 9.41. The highest BCUT2D eigenvalue weighted by atomic mass is 16.5. The van der Waals surface area contributed by atoms with Gasteiger partial charge < -0.3 is 20.1 Å². The molecule has 36 heavy (non-hydrogen) atoms. The molecular weight excluding hydrogens is 456 g/mol. The van der Waals surface area contributed by atoms with E-state index < -0.39 is 22.7 Å². The number of aromatic nitrogens is 1. The Morgan fingerprint density at radius 2 is 1.86 bits per heavy atom. The molecule has 4 aliphatic carbocycles. The number of rotatable bonds is 4. The van der Waals surface area contributed by atoms with Crippen molar-refractivity contribution in [3.8, 4) is 0 Å². The number of nitrogens with zero attached hydrogens (tertiary/aromatic N) is 2. The standard InChI is InChI=1S/C29H38N2O5/c1-26-8-3-23-24(29(26,35)11-5-22(26)20-14-25(33)36-17-20)4-10-28(34)15-21(32)2-9-27(23,28)18-31-16-19-6-12-30-13-7-19/h6-7,12-14,18,21-24,32,34-35H,2-5,8-11,15-17H2,1H3/t21-,22+,23-,24+,26+,27-,28-,29-/m0/s1. The van der Waals surface area contributed by atoms with E-state index in [1.807, 2.05) is 18.3 Å². The van der Waals surface area contributed by atoms with E-state index in [1.54, 1.807) is 18.5 Å². The minimum Gasteiger partial charge on any atom is -0.458 e. The summed E-state index contributed by atoms with van der Waals surface area (Å²) in [5, 5.41) is 35.1. The van der Waals surface area contributed by atoms with Crippen molar-refractivity contribution in [3.63, 3.8) is 0 Å². The van der Waals surface area contributed by atoms with E-state index in [-0.39, 0.29) is 29.1 Å². The first-order valence-electron chi connectivity index (χ1n) is 13.6. The zero-order chi connectivity index (χ0) is 25.2. The third kappa shape index (κ3) is 3.38. The number of fused-ring (bicyclic) bond motifs is 5. The fourth-order valence-corrected chi connectivity index (χ4v) is 9.16. The number of aliphatic imine (C=N–C) groups is 1. The van der Waals surface area contributed by atoms with E-state index in [0.29, 0.717) is 45.3 Å². The lowest BCUT2D eigenvalue weighted by molar-refractivity contribution is -0.237. The van der Waals surface area contributed by atoms with Gasteiger partial charge in [-0.05, 0) is 92.4 Å². The molecule has 2 heterocycles. The Kier molecular flexibility index (Phi) is 5.71. The number of cyclic esters (lactones) is 1. The first-order chi connectivity index (χ1) is 17.2. The van der Waals surface area contributed by atoms with Gasteiger partial charge in [-0.1, -0.05) is 6.92 Å². The predicted molar refractivity (Wildman–Crippen MR) is 134 cm³/mol. The molecule has 0 amide bonds. The van der Waals surface area contributed by atoms with Crippen LogP contribution in [-0.2, 0) is 16.1 Å². The van der Waals surface area contributed by atoms with Crippen molar-refractivity contribution in [1.29, 1.82) is 0 Å². The number of esters is 1. The van der Waals surface area contributed by atoms with Crippen molar-refractivity contribution in [3.05, 3.63) is 41.7 Å². The van der Waals surface area contributed by atoms with Crippen molar-refractivity contribution in [2.45, 2.75) is 88.6 Å². The average molecular weight is 495 g/mol. The fraction of sp³-hybridized carbons (Fsp3) is 0.690. The van der Waals surface area contributed by atoms with Gasteiger partial charge in [-0.2, -0.15) is 0 Å². The second-order valence-corrected chi connectivity index (χ2v) is 12.3. The molecule has 4 fully saturated rings. The Morgan fingerprint density at radius 1 is 1.08 bits per heavy atom. The molecule has 3 N–H and O–H groups in total. The van der Waals surface area contributed by atoms with Crippen molar-refractivity contribution >= 4 is 12.2 Å². The molecule has 5 aliphatic rings. The summed E-state index contributed by atoms with van der Waals surface area (Å²) in [6, 6.07) is 3.91. The van der Waals surface area contributed by atoms with Crippen LogP contribution in [0, 0.1) is 28.6 Å². The number of carbonyl (C=O) groups is 1. The molecule has 0 spiro atoms. The average Bonchev–Trinajstić information content (AvgIpc) is 3.40. The van der Waals surface area contributed by atoms with Crippen LogP contribution in [0.4, 0.5) is 0 Å². The van der Waals surface area contributed by atoms with Gasteiger partial charge in [-0.3, -0.25) is 9.98 Å². The van der Waals surface area contributed by atoms with E-state index in [4.69, 9.17) is 9.73 Å². The Bertz CT molecular complexity index is 1090. The highest BCUT2D eigenvalue weighted by Crippen LogP contribution is 2.70. The van der Waals surface area contributed by atoms with Crippen LogP contribution in [-0.4, -0.2) is 56.4 Å². The molecule has 8 atom stereocenters. The SMILES string of the molecule is C[C@]12CC[C@H]3[C@@H](CC[C@]4(O)C[C@@H](O)CC[C@]34C=NCc3ccncc3)[C@@]1(O)CC[C@@H]2C1=CC(=O)OC1. The van der Waals surface area contributed by atoms with E-state index in [0.717, 1.165) is 36.8 Å². The number of hydrogen-bond acceptors (Lipinski definition) is 7. The maximum absolute atomic E-state index is 12.5. The highest BCUT2D eigenvalue weighted by Gasteiger charge is 2.71. The van der Waals surface area contributed by atoms with E-state index in [2.05, 4.69) is 11.9 Å². The Hall–Kier alpha value is -2.09. The number of carbonyl (C=O) groups excluding carboxylic acids is 1. The normalized spacial score (nSPS) is 46.1. The van der Waals surface area contributed by atoms with Gasteiger partial charge in [-0.15, -0.1) is 0 Å². The summed E-state index contributed by atoms with van der Waals surface area (Å²) in [6.07, 6.45) is 12.9. The summed E-state index contributed by atoms with van der Waals surface area (Å²) in [5.74, 6) is 0.00532. The molecule has 1 aliphatic heterocycles. The minimum absolute atomic E-state index is 0.0442. The van der Waals surface area contributed by atoms with Gasteiger partial charge in [0, 0.05) is 41.9 Å². The molecule has 1 aromatic heterocycles. The Labute approximate surface area is 212 Å². The minimum atomic E-state index is -1.02. The topological polar surface area (TPSA) is 112 Å². The van der Waals surface area contributed by atoms with Crippen molar-refractivity contribution in [1.82, 2.24) is 4.98 Å². The van der Waals surface area contributed by atoms with Crippen LogP contribution in [0.2, 0.25) is 0 Å². The van der Waals surface area contributed by atoms with Gasteiger partial charge in [0.25, 0.3) is 0 Å². The maximum atomic E-state index is 12.5. The molecule has 7 nitrogen and oxygen atoms in total. The van der Waals surface area contributed by atoms with E-state index in [9.17, 15) is 20.1 Å². The lowest BCUT2D eigenvalue weighted by Gasteiger charge is -2.65. The van der Waals surface area contributed by atoms with Crippen LogP contribution >= 0.6 is 0 Å². The number of aliphatic hydroxyl groups excluding tert-OH is 1. The van der Waals surface area contributed by atoms with Gasteiger partial charge in [0.1, 0.15) is 6.61 Å². The van der Waals surface area contributed by atoms with E-state index >= 15 is 0 Å². The number of ether oxygens (including phenoxy) is 1. The first-order valence-corrected chi connectivity index (χ1v) is 13.6. The van der Waals surface area contributed by atoms with Crippen LogP contribution in [0.25, 0.3) is 0 Å². The number of pyridine rings is 1. The summed E-state index contributed by atoms with van der Waals surface area (Å²) >= 11 is 0. The lowest BCUT2D eigenvalue weighted by Crippen LogP contribution is -2.68. The quantitative estimate of drug-likeness (QED) is 0.437. The van der Waals surface area contributed by atoms with Crippen LogP contribution in [0.5, 0.6) is 0 Å². The molecule has 194 valence electrons. The summed E-state index contributed by atoms with van der Waals surface area (Å²) in [4.78, 5) is 20.8. The van der Waals surface area contributed by atoms with Gasteiger partial charge in [-0.25, -0.2) is 4.79 Å². The second-order valence-electron chi connectivity index (χ2n) is 12.3. The molecule has 0 bridgehead atoms. The molecule has 0 unspecified atom stereocenters. The molecule has 6 rings (SSSR count). The zero-order valence-corrected chi connectivity index (χ0v) is 21.1. The van der Waals surface area contributed by atoms with E-state index in [1.165, 1.54) is 0 Å². The second kappa shape index (κ2) is 8.47. The smallest absolute Gasteiger partial charge is 0.331 e. The summed E-state index contributed by atoms with van der Waals surface area (Å²) < 4.78 is 5.24. The fourth-order valence-electron chi connectivity index (χ4n) is 9.16. The summed E-state index contributed by atoms with van der Waals surface area (Å²) in [7, 11) is 0. The largest absolute Gasteiger partial charge is 0.458 e. The van der Waals surface area contributed by atoms with Crippen LogP contribution in [0.1, 0.15) is 70.3 Å². The van der Waals surface area contributed by atoms with Crippen molar-refractivity contribution < 1.29 is 24.9 Å². The highest BCUT2D eigenvalue weighted by molar-refractivity contribution is 5.85. The first kappa shape index (κ1) is 24.3. The van der Waals surface area contributed by atoms with Crippen LogP contribution in [0.15, 0.2) is 41.2 Å². The molecule has 0 saturated heterocycles. The molecule has 0 aromatic carbocycles. The molecular formula is C29H38N2O5. The number of aliphatic hydroxyl groups is 3. The molecule has 0 radical (unpaired) electrons. The molecule has 1 aromatic rings. The molecule has 7 heteroatoms. The van der Waals surface area contributed by atoms with Gasteiger partial charge in [0.2, 0.25) is 0 Å². The number of hydrogen-bond donors (Lipinski definition) is 3. The van der Waals surface area contributed by atoms with Crippen molar-refractivity contribution in [2.75, 3.05) is 6.61 Å². The van der Waals surface area contributed by atoms with Crippen LogP contribution in [0.3, 0.4) is 0 Å². The van der Waals surface area contributed by atoms with Gasteiger partial charge >= 0.3 is 5.97 Å². The Morgan fingerprint density at radius 3 is 2.61 bits per heavy atom. The Balaban J connectivity index is 1.35. The maximum Gasteiger partial charge on any atom is 0.331 e. The zero-order valence-electron chi connectivity index (χ0n) is 21.1. The summed E-state index contributed by atoms with van der Waals surface area (Å²) in [5.41, 5.74) is -0.686.